The standard InChI is InChI=1S/C12H8BrN3OS/c13-9-5-7(1-2-10(9)15)11(17)16-12-8(6-14)3-4-18-12/h1-5H,15H2,(H,16,17). The normalized spacial score (nSPS) is 9.78. The number of rotatable bonds is 2. The number of carbonyl (C=O) groups excluding carboxylic acids is 1. The Hall–Kier alpha value is -1.84. The third-order valence-corrected chi connectivity index (χ3v) is 3.79. The first kappa shape index (κ1) is 12.6. The number of nitriles is 1. The zero-order chi connectivity index (χ0) is 13.1. The molecule has 0 spiro atoms. The highest BCUT2D eigenvalue weighted by Crippen LogP contribution is 2.24. The van der Waals surface area contributed by atoms with Crippen LogP contribution in [0.3, 0.4) is 0 Å². The average molecular weight is 322 g/mol. The fraction of sp³-hybridized carbons (Fsp3) is 0. The van der Waals surface area contributed by atoms with E-state index in [0.29, 0.717) is 26.3 Å². The maximum atomic E-state index is 12.0. The molecule has 0 saturated carbocycles. The van der Waals surface area contributed by atoms with E-state index >= 15 is 0 Å². The number of halogens is 1. The quantitative estimate of drug-likeness (QED) is 0.833. The molecule has 4 nitrogen and oxygen atoms in total. The zero-order valence-corrected chi connectivity index (χ0v) is 11.5. The van der Waals surface area contributed by atoms with E-state index in [1.165, 1.54) is 11.3 Å². The minimum Gasteiger partial charge on any atom is -0.398 e. The number of carbonyl (C=O) groups is 1. The molecule has 0 unspecified atom stereocenters. The lowest BCUT2D eigenvalue weighted by molar-refractivity contribution is 0.102. The molecule has 1 aromatic heterocycles. The maximum absolute atomic E-state index is 12.0. The molecule has 0 aliphatic carbocycles. The predicted octanol–water partition coefficient (Wildman–Crippen LogP) is 3.22. The van der Waals surface area contributed by atoms with Gasteiger partial charge in [-0.15, -0.1) is 11.3 Å². The highest BCUT2D eigenvalue weighted by Gasteiger charge is 2.11. The molecule has 0 bridgehead atoms. The number of thiophene rings is 1. The van der Waals surface area contributed by atoms with Crippen LogP contribution in [0.1, 0.15) is 15.9 Å². The van der Waals surface area contributed by atoms with Crippen molar-refractivity contribution in [2.75, 3.05) is 11.1 Å². The minimum atomic E-state index is -0.269. The van der Waals surface area contributed by atoms with Gasteiger partial charge in [0.15, 0.2) is 0 Å². The van der Waals surface area contributed by atoms with Gasteiger partial charge in [-0.2, -0.15) is 5.26 Å². The van der Waals surface area contributed by atoms with Crippen molar-refractivity contribution in [3.63, 3.8) is 0 Å². The first-order valence-electron chi connectivity index (χ1n) is 4.96. The molecular weight excluding hydrogens is 314 g/mol. The molecule has 2 rings (SSSR count). The fourth-order valence-electron chi connectivity index (χ4n) is 1.34. The van der Waals surface area contributed by atoms with Gasteiger partial charge < -0.3 is 11.1 Å². The van der Waals surface area contributed by atoms with Crippen molar-refractivity contribution in [3.05, 3.63) is 45.2 Å². The third-order valence-electron chi connectivity index (χ3n) is 2.28. The molecule has 0 saturated heterocycles. The van der Waals surface area contributed by atoms with Crippen LogP contribution in [0.15, 0.2) is 34.1 Å². The van der Waals surface area contributed by atoms with Gasteiger partial charge in [-0.3, -0.25) is 4.79 Å². The van der Waals surface area contributed by atoms with Crippen molar-refractivity contribution in [2.24, 2.45) is 0 Å². The Morgan fingerprint density at radius 3 is 2.89 bits per heavy atom. The van der Waals surface area contributed by atoms with Gasteiger partial charge in [0.1, 0.15) is 11.1 Å². The number of nitrogens with two attached hydrogens (primary N) is 1. The zero-order valence-electron chi connectivity index (χ0n) is 9.11. The van der Waals surface area contributed by atoms with E-state index in [9.17, 15) is 4.79 Å². The molecule has 0 atom stereocenters. The van der Waals surface area contributed by atoms with Gasteiger partial charge >= 0.3 is 0 Å². The Labute approximate surface area is 116 Å². The summed E-state index contributed by atoms with van der Waals surface area (Å²) >= 11 is 4.58. The van der Waals surface area contributed by atoms with E-state index in [2.05, 4.69) is 21.2 Å². The van der Waals surface area contributed by atoms with Crippen molar-refractivity contribution in [1.82, 2.24) is 0 Å². The molecule has 6 heteroatoms. The smallest absolute Gasteiger partial charge is 0.256 e. The molecular formula is C12H8BrN3OS. The van der Waals surface area contributed by atoms with Crippen molar-refractivity contribution in [1.29, 1.82) is 5.26 Å². The van der Waals surface area contributed by atoms with Gasteiger partial charge in [0.25, 0.3) is 5.91 Å². The Kier molecular flexibility index (Phi) is 3.65. The van der Waals surface area contributed by atoms with Gasteiger partial charge in [0.2, 0.25) is 0 Å². The van der Waals surface area contributed by atoms with Crippen LogP contribution in [-0.2, 0) is 0 Å². The second-order valence-electron chi connectivity index (χ2n) is 3.47. The molecule has 2 aromatic rings. The molecule has 1 aromatic carbocycles. The molecule has 0 aliphatic heterocycles. The van der Waals surface area contributed by atoms with Crippen LogP contribution in [0.5, 0.6) is 0 Å². The van der Waals surface area contributed by atoms with E-state index in [-0.39, 0.29) is 5.91 Å². The largest absolute Gasteiger partial charge is 0.398 e. The summed E-state index contributed by atoms with van der Waals surface area (Å²) in [4.78, 5) is 12.0. The summed E-state index contributed by atoms with van der Waals surface area (Å²) in [7, 11) is 0. The Morgan fingerprint density at radius 2 is 2.22 bits per heavy atom. The van der Waals surface area contributed by atoms with E-state index in [4.69, 9.17) is 11.0 Å². The van der Waals surface area contributed by atoms with Gasteiger partial charge in [-0.1, -0.05) is 0 Å². The number of nitrogens with one attached hydrogen (secondary N) is 1. The third kappa shape index (κ3) is 2.53. The van der Waals surface area contributed by atoms with Crippen LogP contribution in [0.4, 0.5) is 10.7 Å². The number of hydrogen-bond donors (Lipinski definition) is 2. The average Bonchev–Trinajstić information content (AvgIpc) is 2.79. The van der Waals surface area contributed by atoms with Gasteiger partial charge in [0.05, 0.1) is 5.56 Å². The minimum absolute atomic E-state index is 0.269. The Bertz CT molecular complexity index is 645. The number of anilines is 2. The number of hydrogen-bond acceptors (Lipinski definition) is 4. The number of nitrogen functional groups attached to an aromatic ring is 1. The lowest BCUT2D eigenvalue weighted by Crippen LogP contribution is -2.11. The van der Waals surface area contributed by atoms with Gasteiger partial charge in [0, 0.05) is 15.7 Å². The van der Waals surface area contributed by atoms with Crippen LogP contribution in [0.2, 0.25) is 0 Å². The van der Waals surface area contributed by atoms with Crippen LogP contribution in [0.25, 0.3) is 0 Å². The topological polar surface area (TPSA) is 78.9 Å². The summed E-state index contributed by atoms with van der Waals surface area (Å²) in [5, 5.41) is 13.9. The fourth-order valence-corrected chi connectivity index (χ4v) is 2.45. The first-order valence-corrected chi connectivity index (χ1v) is 6.63. The molecule has 18 heavy (non-hydrogen) atoms. The Balaban J connectivity index is 2.23. The summed E-state index contributed by atoms with van der Waals surface area (Å²) < 4.78 is 0.668. The van der Waals surface area contributed by atoms with Crippen molar-refractivity contribution in [2.45, 2.75) is 0 Å². The molecule has 0 aliphatic rings. The van der Waals surface area contributed by atoms with Gasteiger partial charge in [-0.25, -0.2) is 0 Å². The molecule has 1 heterocycles. The van der Waals surface area contributed by atoms with Crippen LogP contribution in [0, 0.1) is 11.3 Å². The molecule has 0 radical (unpaired) electrons. The van der Waals surface area contributed by atoms with Crippen LogP contribution >= 0.6 is 27.3 Å². The number of nitrogens with zero attached hydrogens (tertiary/aromatic N) is 1. The van der Waals surface area contributed by atoms with Gasteiger partial charge in [-0.05, 0) is 45.6 Å². The molecule has 90 valence electrons. The summed E-state index contributed by atoms with van der Waals surface area (Å²) in [6.07, 6.45) is 0. The monoisotopic (exact) mass is 321 g/mol. The summed E-state index contributed by atoms with van der Waals surface area (Å²) in [5.41, 5.74) is 7.16. The molecule has 1 amide bonds. The van der Waals surface area contributed by atoms with Crippen molar-refractivity contribution >= 4 is 43.9 Å². The summed E-state index contributed by atoms with van der Waals surface area (Å²) in [6.45, 7) is 0. The lowest BCUT2D eigenvalue weighted by Gasteiger charge is -2.05. The number of benzene rings is 1. The summed E-state index contributed by atoms with van der Waals surface area (Å²) in [6, 6.07) is 8.61. The van der Waals surface area contributed by atoms with E-state index in [0.717, 1.165) is 0 Å². The van der Waals surface area contributed by atoms with Crippen molar-refractivity contribution in [3.8, 4) is 6.07 Å². The van der Waals surface area contributed by atoms with Crippen LogP contribution in [-0.4, -0.2) is 5.91 Å². The first-order chi connectivity index (χ1) is 8.61. The van der Waals surface area contributed by atoms with E-state index in [1.807, 2.05) is 6.07 Å². The Morgan fingerprint density at radius 1 is 1.44 bits per heavy atom. The lowest BCUT2D eigenvalue weighted by atomic mass is 10.2. The highest BCUT2D eigenvalue weighted by molar-refractivity contribution is 9.10. The van der Waals surface area contributed by atoms with E-state index in [1.54, 1.807) is 29.6 Å². The second kappa shape index (κ2) is 5.21. The second-order valence-corrected chi connectivity index (χ2v) is 5.24. The molecule has 0 fully saturated rings. The SMILES string of the molecule is N#Cc1ccsc1NC(=O)c1ccc(N)c(Br)c1. The van der Waals surface area contributed by atoms with Crippen molar-refractivity contribution < 1.29 is 4.79 Å². The highest BCUT2D eigenvalue weighted by atomic mass is 79.9. The number of amides is 1. The predicted molar refractivity (Wildman–Crippen MR) is 75.5 cm³/mol. The molecule has 3 N–H and O–H groups in total. The maximum Gasteiger partial charge on any atom is 0.256 e. The van der Waals surface area contributed by atoms with E-state index < -0.39 is 0 Å². The van der Waals surface area contributed by atoms with Crippen LogP contribution < -0.4 is 11.1 Å². The summed E-state index contributed by atoms with van der Waals surface area (Å²) in [5.74, 6) is -0.269.